The van der Waals surface area contributed by atoms with Crippen molar-refractivity contribution in [2.24, 2.45) is 12.8 Å². The van der Waals surface area contributed by atoms with Crippen molar-refractivity contribution in [1.29, 1.82) is 0 Å². The van der Waals surface area contributed by atoms with Crippen LogP contribution in [0.4, 0.5) is 17.5 Å². The van der Waals surface area contributed by atoms with Crippen LogP contribution in [-0.4, -0.2) is 46.8 Å². The maximum absolute atomic E-state index is 11.1. The first kappa shape index (κ1) is 17.4. The van der Waals surface area contributed by atoms with Crippen LogP contribution in [0.1, 0.15) is 5.82 Å². The van der Waals surface area contributed by atoms with Gasteiger partial charge < -0.3 is 16.4 Å². The molecule has 4 aromatic heterocycles. The Bertz CT molecular complexity index is 1160. The van der Waals surface area contributed by atoms with Gasteiger partial charge in [0, 0.05) is 31.6 Å². The standard InChI is InChI=1S/C17H18N10O/c1-10-21-11(8-14(22-10)19-9-12(18)28)16-17(23-13-5-7-26(2)25-13)24-15-4-3-6-20-27(15)16/h3-8H,9H2,1-2H3,(H2,18,28)(H,23,25)(H,19,21,22). The van der Waals surface area contributed by atoms with Gasteiger partial charge in [0.05, 0.1) is 12.2 Å². The fourth-order valence-electron chi connectivity index (χ4n) is 2.77. The zero-order chi connectivity index (χ0) is 19.7. The maximum atomic E-state index is 11.1. The van der Waals surface area contributed by atoms with E-state index in [4.69, 9.17) is 5.73 Å². The molecule has 142 valence electrons. The fourth-order valence-corrected chi connectivity index (χ4v) is 2.77. The molecular weight excluding hydrogens is 360 g/mol. The normalized spacial score (nSPS) is 10.9. The van der Waals surface area contributed by atoms with Crippen molar-refractivity contribution in [3.63, 3.8) is 0 Å². The van der Waals surface area contributed by atoms with Crippen LogP contribution >= 0.6 is 0 Å². The maximum Gasteiger partial charge on any atom is 0.236 e. The van der Waals surface area contributed by atoms with Gasteiger partial charge in [0.15, 0.2) is 17.3 Å². The fraction of sp³-hybridized carbons (Fsp3) is 0.176. The zero-order valence-electron chi connectivity index (χ0n) is 15.3. The molecule has 0 aliphatic rings. The Morgan fingerprint density at radius 3 is 2.82 bits per heavy atom. The summed E-state index contributed by atoms with van der Waals surface area (Å²) in [6.07, 6.45) is 3.50. The van der Waals surface area contributed by atoms with E-state index in [1.54, 1.807) is 28.4 Å². The molecule has 0 saturated heterocycles. The lowest BCUT2D eigenvalue weighted by atomic mass is 10.2. The summed E-state index contributed by atoms with van der Waals surface area (Å²) in [6, 6.07) is 7.21. The number of carbonyl (C=O) groups excluding carboxylic acids is 1. The van der Waals surface area contributed by atoms with Gasteiger partial charge in [0.25, 0.3) is 0 Å². The highest BCUT2D eigenvalue weighted by atomic mass is 16.1. The Balaban J connectivity index is 1.83. The molecule has 4 rings (SSSR count). The van der Waals surface area contributed by atoms with E-state index in [1.165, 1.54) is 0 Å². The molecule has 0 aliphatic carbocycles. The molecule has 1 amide bonds. The number of amides is 1. The van der Waals surface area contributed by atoms with Crippen molar-refractivity contribution in [2.75, 3.05) is 17.2 Å². The average molecular weight is 378 g/mol. The van der Waals surface area contributed by atoms with Crippen LogP contribution in [-0.2, 0) is 11.8 Å². The summed E-state index contributed by atoms with van der Waals surface area (Å²) < 4.78 is 3.38. The number of nitrogens with two attached hydrogens (primary N) is 1. The van der Waals surface area contributed by atoms with Crippen LogP contribution in [0, 0.1) is 6.92 Å². The molecule has 4 aromatic rings. The number of primary amides is 1. The quantitative estimate of drug-likeness (QED) is 0.449. The van der Waals surface area contributed by atoms with Crippen molar-refractivity contribution in [2.45, 2.75) is 6.92 Å². The first-order chi connectivity index (χ1) is 13.5. The SMILES string of the molecule is Cc1nc(NCC(N)=O)cc(-c2c(Nc3ccn(C)n3)nc3cccnn23)n1. The molecule has 0 fully saturated rings. The van der Waals surface area contributed by atoms with Crippen LogP contribution < -0.4 is 16.4 Å². The average Bonchev–Trinajstić information content (AvgIpc) is 3.22. The van der Waals surface area contributed by atoms with Gasteiger partial charge in [-0.2, -0.15) is 10.2 Å². The van der Waals surface area contributed by atoms with Crippen molar-refractivity contribution in [3.05, 3.63) is 42.5 Å². The van der Waals surface area contributed by atoms with E-state index in [9.17, 15) is 4.79 Å². The monoisotopic (exact) mass is 378 g/mol. The number of imidazole rings is 1. The minimum atomic E-state index is -0.480. The zero-order valence-corrected chi connectivity index (χ0v) is 15.3. The summed E-state index contributed by atoms with van der Waals surface area (Å²) in [4.78, 5) is 24.5. The molecule has 0 aliphatic heterocycles. The molecule has 0 saturated carbocycles. The van der Waals surface area contributed by atoms with Gasteiger partial charge in [-0.25, -0.2) is 19.5 Å². The largest absolute Gasteiger partial charge is 0.368 e. The Labute approximate surface area is 159 Å². The Kier molecular flexibility index (Phi) is 4.32. The predicted octanol–water partition coefficient (Wildman–Crippen LogP) is 0.869. The summed E-state index contributed by atoms with van der Waals surface area (Å²) in [5, 5.41) is 14.8. The van der Waals surface area contributed by atoms with E-state index in [0.717, 1.165) is 0 Å². The van der Waals surface area contributed by atoms with Gasteiger partial charge in [-0.15, -0.1) is 0 Å². The molecule has 0 aromatic carbocycles. The minimum Gasteiger partial charge on any atom is -0.368 e. The highest BCUT2D eigenvalue weighted by Crippen LogP contribution is 2.30. The molecule has 4 N–H and O–H groups in total. The number of hydrogen-bond donors (Lipinski definition) is 3. The molecule has 0 bridgehead atoms. The van der Waals surface area contributed by atoms with Crippen molar-refractivity contribution < 1.29 is 4.79 Å². The van der Waals surface area contributed by atoms with Crippen LogP contribution in [0.15, 0.2) is 36.7 Å². The summed E-state index contributed by atoms with van der Waals surface area (Å²) in [7, 11) is 1.84. The number of aryl methyl sites for hydroxylation is 2. The van der Waals surface area contributed by atoms with E-state index < -0.39 is 5.91 Å². The van der Waals surface area contributed by atoms with Crippen LogP contribution in [0.2, 0.25) is 0 Å². The first-order valence-corrected chi connectivity index (χ1v) is 8.48. The molecule has 28 heavy (non-hydrogen) atoms. The van der Waals surface area contributed by atoms with E-state index >= 15 is 0 Å². The number of nitrogens with zero attached hydrogens (tertiary/aromatic N) is 7. The van der Waals surface area contributed by atoms with Gasteiger partial charge in [-0.1, -0.05) is 0 Å². The highest BCUT2D eigenvalue weighted by Gasteiger charge is 2.18. The lowest BCUT2D eigenvalue weighted by molar-refractivity contribution is -0.116. The summed E-state index contributed by atoms with van der Waals surface area (Å²) in [5.41, 5.74) is 7.10. The van der Waals surface area contributed by atoms with Crippen LogP contribution in [0.25, 0.3) is 17.0 Å². The van der Waals surface area contributed by atoms with Crippen LogP contribution in [0.3, 0.4) is 0 Å². The third kappa shape index (κ3) is 3.45. The lowest BCUT2D eigenvalue weighted by Crippen LogP contribution is -2.22. The topological polar surface area (TPSA) is 141 Å². The smallest absolute Gasteiger partial charge is 0.236 e. The molecule has 11 nitrogen and oxygen atoms in total. The van der Waals surface area contributed by atoms with Gasteiger partial charge in [-0.3, -0.25) is 9.48 Å². The second-order valence-corrected chi connectivity index (χ2v) is 6.11. The summed E-state index contributed by atoms with van der Waals surface area (Å²) in [5.74, 6) is 1.73. The lowest BCUT2D eigenvalue weighted by Gasteiger charge is -2.09. The predicted molar refractivity (Wildman–Crippen MR) is 103 cm³/mol. The number of anilines is 3. The number of aromatic nitrogens is 7. The second kappa shape index (κ2) is 6.95. The number of carbonyl (C=O) groups is 1. The summed E-state index contributed by atoms with van der Waals surface area (Å²) in [6.45, 7) is 1.74. The molecule has 4 heterocycles. The third-order valence-electron chi connectivity index (χ3n) is 3.88. The Morgan fingerprint density at radius 1 is 1.21 bits per heavy atom. The van der Waals surface area contributed by atoms with Crippen LogP contribution in [0.5, 0.6) is 0 Å². The third-order valence-corrected chi connectivity index (χ3v) is 3.88. The van der Waals surface area contributed by atoms with Gasteiger partial charge in [0.2, 0.25) is 5.91 Å². The number of nitrogens with one attached hydrogen (secondary N) is 2. The highest BCUT2D eigenvalue weighted by molar-refractivity contribution is 5.80. The van der Waals surface area contributed by atoms with E-state index in [1.807, 2.05) is 31.4 Å². The number of hydrogen-bond acceptors (Lipinski definition) is 8. The van der Waals surface area contributed by atoms with Gasteiger partial charge >= 0.3 is 0 Å². The molecule has 0 atom stereocenters. The number of rotatable bonds is 6. The Morgan fingerprint density at radius 2 is 2.07 bits per heavy atom. The molecule has 11 heteroatoms. The van der Waals surface area contributed by atoms with E-state index in [2.05, 4.69) is 35.8 Å². The number of fused-ring (bicyclic) bond motifs is 1. The Hall–Kier alpha value is -4.02. The first-order valence-electron chi connectivity index (χ1n) is 8.48. The molecule has 0 unspecified atom stereocenters. The van der Waals surface area contributed by atoms with Crippen molar-refractivity contribution in [3.8, 4) is 11.4 Å². The molecule has 0 radical (unpaired) electrons. The van der Waals surface area contributed by atoms with E-state index in [-0.39, 0.29) is 6.54 Å². The van der Waals surface area contributed by atoms with Gasteiger partial charge in [0.1, 0.15) is 17.3 Å². The second-order valence-electron chi connectivity index (χ2n) is 6.11. The molecular formula is C17H18N10O. The van der Waals surface area contributed by atoms with Crippen molar-refractivity contribution >= 4 is 29.0 Å². The van der Waals surface area contributed by atoms with Crippen molar-refractivity contribution in [1.82, 2.24) is 34.3 Å². The minimum absolute atomic E-state index is 0.0274. The van der Waals surface area contributed by atoms with E-state index in [0.29, 0.717) is 40.3 Å². The summed E-state index contributed by atoms with van der Waals surface area (Å²) >= 11 is 0. The van der Waals surface area contributed by atoms with Gasteiger partial charge in [-0.05, 0) is 19.1 Å². The molecule has 0 spiro atoms.